The molecular formula is C19H27Cl2N5O. The van der Waals surface area contributed by atoms with Crippen LogP contribution >= 0.6 is 24.8 Å². The lowest BCUT2D eigenvalue weighted by molar-refractivity contribution is -0.132. The van der Waals surface area contributed by atoms with Crippen LogP contribution in [0.1, 0.15) is 19.3 Å². The Kier molecular flexibility index (Phi) is 7.53. The van der Waals surface area contributed by atoms with Gasteiger partial charge in [0.2, 0.25) is 5.91 Å². The number of aromatic nitrogens is 2. The summed E-state index contributed by atoms with van der Waals surface area (Å²) in [7, 11) is 0. The van der Waals surface area contributed by atoms with E-state index in [4.69, 9.17) is 0 Å². The summed E-state index contributed by atoms with van der Waals surface area (Å²) in [6, 6.07) is 12.5. The van der Waals surface area contributed by atoms with Gasteiger partial charge in [0, 0.05) is 37.2 Å². The molecular weight excluding hydrogens is 385 g/mol. The fourth-order valence-corrected chi connectivity index (χ4v) is 3.99. The van der Waals surface area contributed by atoms with Crippen LogP contribution in [0.5, 0.6) is 0 Å². The first kappa shape index (κ1) is 21.5. The number of anilines is 1. The molecule has 27 heavy (non-hydrogen) atoms. The molecule has 0 aliphatic carbocycles. The van der Waals surface area contributed by atoms with E-state index in [1.807, 2.05) is 23.0 Å². The van der Waals surface area contributed by atoms with Gasteiger partial charge in [0.1, 0.15) is 5.54 Å². The van der Waals surface area contributed by atoms with Crippen molar-refractivity contribution in [1.29, 1.82) is 0 Å². The molecule has 2 fully saturated rings. The zero-order chi connectivity index (χ0) is 17.1. The van der Waals surface area contributed by atoms with Crippen LogP contribution in [0, 0.1) is 0 Å². The Morgan fingerprint density at radius 2 is 1.89 bits per heavy atom. The molecule has 0 bridgehead atoms. The van der Waals surface area contributed by atoms with E-state index in [-0.39, 0.29) is 36.8 Å². The van der Waals surface area contributed by atoms with Crippen molar-refractivity contribution in [3.8, 4) is 0 Å². The van der Waals surface area contributed by atoms with Gasteiger partial charge in [0.25, 0.3) is 0 Å². The Bertz CT molecular complexity index is 704. The smallest absolute Gasteiger partial charge is 0.248 e. The van der Waals surface area contributed by atoms with Crippen LogP contribution in [0.4, 0.5) is 5.69 Å². The van der Waals surface area contributed by atoms with Crippen molar-refractivity contribution in [1.82, 2.24) is 20.4 Å². The third-order valence-corrected chi connectivity index (χ3v) is 5.44. The summed E-state index contributed by atoms with van der Waals surface area (Å²) in [6.07, 6.45) is 6.19. The lowest BCUT2D eigenvalue weighted by atomic mass is 9.87. The van der Waals surface area contributed by atoms with Gasteiger partial charge < -0.3 is 15.5 Å². The second kappa shape index (κ2) is 9.44. The molecule has 2 aromatic rings. The third-order valence-electron chi connectivity index (χ3n) is 5.44. The van der Waals surface area contributed by atoms with E-state index in [1.54, 1.807) is 6.20 Å². The average molecular weight is 412 g/mol. The molecule has 6 nitrogen and oxygen atoms in total. The molecule has 2 aliphatic heterocycles. The van der Waals surface area contributed by atoms with E-state index in [9.17, 15) is 4.79 Å². The summed E-state index contributed by atoms with van der Waals surface area (Å²) in [5.74, 6) is 0.109. The van der Waals surface area contributed by atoms with Gasteiger partial charge in [-0.15, -0.1) is 24.8 Å². The van der Waals surface area contributed by atoms with E-state index in [0.717, 1.165) is 45.4 Å². The summed E-state index contributed by atoms with van der Waals surface area (Å²) in [5, 5.41) is 11.0. The number of benzene rings is 1. The second-order valence-electron chi connectivity index (χ2n) is 6.97. The first-order valence-corrected chi connectivity index (χ1v) is 9.10. The second-order valence-corrected chi connectivity index (χ2v) is 6.97. The molecule has 0 radical (unpaired) electrons. The molecule has 8 heteroatoms. The lowest BCUT2D eigenvalue weighted by Gasteiger charge is -2.37. The van der Waals surface area contributed by atoms with Crippen LogP contribution in [0.15, 0.2) is 48.8 Å². The minimum Gasteiger partial charge on any atom is -0.369 e. The minimum absolute atomic E-state index is 0. The molecule has 2 aliphatic rings. The van der Waals surface area contributed by atoms with Crippen LogP contribution in [0.25, 0.3) is 0 Å². The highest BCUT2D eigenvalue weighted by molar-refractivity contribution is 5.86. The fourth-order valence-electron chi connectivity index (χ4n) is 3.99. The van der Waals surface area contributed by atoms with Crippen molar-refractivity contribution in [3.05, 3.63) is 48.8 Å². The van der Waals surface area contributed by atoms with Crippen molar-refractivity contribution < 1.29 is 4.79 Å². The van der Waals surface area contributed by atoms with Gasteiger partial charge in [-0.2, -0.15) is 5.10 Å². The van der Waals surface area contributed by atoms with Gasteiger partial charge in [-0.1, -0.05) is 18.2 Å². The number of nitrogens with zero attached hydrogens (tertiary/aromatic N) is 3. The zero-order valence-electron chi connectivity index (χ0n) is 15.2. The Labute approximate surface area is 172 Å². The van der Waals surface area contributed by atoms with E-state index >= 15 is 0 Å². The lowest BCUT2D eigenvalue weighted by Crippen LogP contribution is -2.56. The molecule has 0 spiro atoms. The maximum Gasteiger partial charge on any atom is 0.248 e. The van der Waals surface area contributed by atoms with Crippen molar-refractivity contribution in [2.24, 2.45) is 0 Å². The van der Waals surface area contributed by atoms with E-state index in [1.165, 1.54) is 5.69 Å². The van der Waals surface area contributed by atoms with Gasteiger partial charge in [-0.05, 0) is 50.6 Å². The third kappa shape index (κ3) is 4.39. The summed E-state index contributed by atoms with van der Waals surface area (Å²) in [6.45, 7) is 3.52. The summed E-state index contributed by atoms with van der Waals surface area (Å²) >= 11 is 0. The van der Waals surface area contributed by atoms with Gasteiger partial charge >= 0.3 is 0 Å². The molecule has 148 valence electrons. The largest absolute Gasteiger partial charge is 0.369 e. The number of hydrogen-bond acceptors (Lipinski definition) is 4. The Hall–Kier alpha value is -1.76. The van der Waals surface area contributed by atoms with Crippen LogP contribution in [0.2, 0.25) is 0 Å². The molecule has 2 N–H and O–H groups in total. The predicted molar refractivity (Wildman–Crippen MR) is 112 cm³/mol. The number of nitrogens with one attached hydrogen (secondary N) is 2. The number of rotatable bonds is 4. The van der Waals surface area contributed by atoms with Gasteiger partial charge in [0.05, 0.1) is 0 Å². The normalized spacial score (nSPS) is 21.0. The van der Waals surface area contributed by atoms with Crippen LogP contribution in [0.3, 0.4) is 0 Å². The molecule has 3 heterocycles. The fraction of sp³-hybridized carbons (Fsp3) is 0.474. The number of para-hydroxylation sites is 1. The van der Waals surface area contributed by atoms with Crippen molar-refractivity contribution in [3.63, 3.8) is 0 Å². The van der Waals surface area contributed by atoms with E-state index < -0.39 is 5.54 Å². The average Bonchev–Trinajstić information content (AvgIpc) is 3.35. The highest BCUT2D eigenvalue weighted by Gasteiger charge is 2.43. The summed E-state index contributed by atoms with van der Waals surface area (Å²) < 4.78 is 1.85. The number of amides is 1. The maximum absolute atomic E-state index is 13.2. The van der Waals surface area contributed by atoms with Gasteiger partial charge in [0.15, 0.2) is 0 Å². The Morgan fingerprint density at radius 3 is 2.56 bits per heavy atom. The Balaban J connectivity index is 0.00000131. The molecule has 1 amide bonds. The topological polar surface area (TPSA) is 62.2 Å². The van der Waals surface area contributed by atoms with Crippen LogP contribution in [-0.4, -0.2) is 47.9 Å². The standard InChI is InChI=1S/C19H25N5O.2ClH/c25-18(19(8-11-20-12-9-19)24-13-4-10-21-24)22-16-7-14-23(15-16)17-5-2-1-3-6-17;;/h1-6,10,13,16,20H,7-9,11-12,14-15H2,(H,22,25);2*1H. The van der Waals surface area contributed by atoms with Gasteiger partial charge in [-0.25, -0.2) is 0 Å². The van der Waals surface area contributed by atoms with E-state index in [0.29, 0.717) is 0 Å². The first-order valence-electron chi connectivity index (χ1n) is 9.10. The van der Waals surface area contributed by atoms with Crippen molar-refractivity contribution >= 4 is 36.4 Å². The first-order chi connectivity index (χ1) is 12.3. The SMILES string of the molecule is Cl.Cl.O=C(NC1CCN(c2ccccc2)C1)C1(n2cccn2)CCNCC1. The molecule has 1 atom stereocenters. The molecule has 1 aromatic carbocycles. The maximum atomic E-state index is 13.2. The predicted octanol–water partition coefficient (Wildman–Crippen LogP) is 2.20. The number of halogens is 2. The van der Waals surface area contributed by atoms with Crippen molar-refractivity contribution in [2.75, 3.05) is 31.1 Å². The monoisotopic (exact) mass is 411 g/mol. The molecule has 4 rings (SSSR count). The molecule has 0 saturated carbocycles. The Morgan fingerprint density at radius 1 is 1.15 bits per heavy atom. The number of carbonyl (C=O) groups is 1. The minimum atomic E-state index is -0.561. The molecule has 1 unspecified atom stereocenters. The van der Waals surface area contributed by atoms with Crippen molar-refractivity contribution in [2.45, 2.75) is 30.8 Å². The quantitative estimate of drug-likeness (QED) is 0.809. The van der Waals surface area contributed by atoms with Crippen LogP contribution in [-0.2, 0) is 10.3 Å². The highest BCUT2D eigenvalue weighted by Crippen LogP contribution is 2.28. The summed E-state index contributed by atoms with van der Waals surface area (Å²) in [5.41, 5.74) is 0.664. The number of piperidine rings is 1. The highest BCUT2D eigenvalue weighted by atomic mass is 35.5. The zero-order valence-corrected chi connectivity index (χ0v) is 16.8. The van der Waals surface area contributed by atoms with E-state index in [2.05, 4.69) is 44.9 Å². The summed E-state index contributed by atoms with van der Waals surface area (Å²) in [4.78, 5) is 15.5. The number of hydrogen-bond donors (Lipinski definition) is 2. The van der Waals surface area contributed by atoms with Crippen LogP contribution < -0.4 is 15.5 Å². The molecule has 2 saturated heterocycles. The molecule has 1 aromatic heterocycles. The number of carbonyl (C=O) groups excluding carboxylic acids is 1. The van der Waals surface area contributed by atoms with Gasteiger partial charge in [-0.3, -0.25) is 9.48 Å².